The predicted molar refractivity (Wildman–Crippen MR) is 110 cm³/mol. The van der Waals surface area contributed by atoms with Crippen molar-refractivity contribution >= 4 is 40.4 Å². The fourth-order valence-electron chi connectivity index (χ4n) is 2.53. The third-order valence-corrected chi connectivity index (χ3v) is 4.19. The zero-order valence-electron chi connectivity index (χ0n) is 15.3. The average Bonchev–Trinajstić information content (AvgIpc) is 2.58. The van der Waals surface area contributed by atoms with Gasteiger partial charge in [-0.05, 0) is 55.8 Å². The first-order valence-electron chi connectivity index (χ1n) is 8.34. The Morgan fingerprint density at radius 2 is 1.62 bits per heavy atom. The van der Waals surface area contributed by atoms with Crippen molar-refractivity contribution in [1.82, 2.24) is 9.97 Å². The first-order chi connectivity index (χ1) is 12.4. The maximum absolute atomic E-state index is 6.09. The topological polar surface area (TPSA) is 53.1 Å². The molecule has 5 nitrogen and oxygen atoms in total. The number of aryl methyl sites for hydroxylation is 2. The molecule has 0 saturated carbocycles. The van der Waals surface area contributed by atoms with Crippen molar-refractivity contribution in [3.63, 3.8) is 0 Å². The Labute approximate surface area is 159 Å². The Hall–Kier alpha value is -2.79. The lowest BCUT2D eigenvalue weighted by Crippen LogP contribution is -2.08. The van der Waals surface area contributed by atoms with Crippen LogP contribution in [0.5, 0.6) is 0 Å². The molecule has 0 unspecified atom stereocenters. The van der Waals surface area contributed by atoms with Gasteiger partial charge < -0.3 is 15.5 Å². The van der Waals surface area contributed by atoms with E-state index in [1.807, 2.05) is 64.3 Å². The van der Waals surface area contributed by atoms with Crippen molar-refractivity contribution in [1.29, 1.82) is 0 Å². The van der Waals surface area contributed by atoms with Crippen LogP contribution in [0.4, 0.5) is 28.8 Å². The summed E-state index contributed by atoms with van der Waals surface area (Å²) in [4.78, 5) is 11.1. The first-order valence-corrected chi connectivity index (χ1v) is 8.72. The molecule has 2 aromatic carbocycles. The van der Waals surface area contributed by atoms with Gasteiger partial charge >= 0.3 is 0 Å². The number of anilines is 5. The lowest BCUT2D eigenvalue weighted by atomic mass is 10.2. The van der Waals surface area contributed by atoms with Crippen LogP contribution in [0.2, 0.25) is 5.02 Å². The molecule has 3 aromatic rings. The molecule has 0 fully saturated rings. The summed E-state index contributed by atoms with van der Waals surface area (Å²) < 4.78 is 0. The maximum atomic E-state index is 6.09. The van der Waals surface area contributed by atoms with E-state index < -0.39 is 0 Å². The molecule has 2 N–H and O–H groups in total. The van der Waals surface area contributed by atoms with E-state index in [2.05, 4.69) is 37.6 Å². The number of benzene rings is 2. The van der Waals surface area contributed by atoms with E-state index in [1.54, 1.807) is 0 Å². The van der Waals surface area contributed by atoms with Gasteiger partial charge in [-0.15, -0.1) is 0 Å². The van der Waals surface area contributed by atoms with E-state index in [4.69, 9.17) is 11.6 Å². The van der Waals surface area contributed by atoms with E-state index in [1.165, 1.54) is 0 Å². The van der Waals surface area contributed by atoms with E-state index in [0.29, 0.717) is 11.0 Å². The first kappa shape index (κ1) is 18.0. The van der Waals surface area contributed by atoms with Crippen molar-refractivity contribution in [2.45, 2.75) is 13.8 Å². The van der Waals surface area contributed by atoms with Gasteiger partial charge in [0.1, 0.15) is 5.82 Å². The molecule has 0 spiro atoms. The van der Waals surface area contributed by atoms with Crippen LogP contribution >= 0.6 is 11.6 Å². The molecule has 0 aliphatic heterocycles. The normalized spacial score (nSPS) is 10.5. The van der Waals surface area contributed by atoms with Gasteiger partial charge in [0.15, 0.2) is 0 Å². The van der Waals surface area contributed by atoms with Crippen LogP contribution in [-0.4, -0.2) is 24.1 Å². The number of aromatic nitrogens is 2. The van der Waals surface area contributed by atoms with Crippen LogP contribution in [0.15, 0.2) is 48.5 Å². The average molecular weight is 368 g/mol. The lowest BCUT2D eigenvalue weighted by Gasteiger charge is -2.14. The molecular formula is C20H22ClN5. The highest BCUT2D eigenvalue weighted by Gasteiger charge is 2.06. The van der Waals surface area contributed by atoms with Crippen LogP contribution in [0.3, 0.4) is 0 Å². The second-order valence-corrected chi connectivity index (χ2v) is 6.81. The molecule has 0 aliphatic rings. The number of hydrogen-bond donors (Lipinski definition) is 2. The Kier molecular flexibility index (Phi) is 5.28. The molecule has 0 atom stereocenters. The Balaban J connectivity index is 1.82. The molecule has 6 heteroatoms. The van der Waals surface area contributed by atoms with Crippen LogP contribution in [0.1, 0.15) is 11.3 Å². The van der Waals surface area contributed by atoms with Crippen molar-refractivity contribution < 1.29 is 0 Å². The largest absolute Gasteiger partial charge is 0.378 e. The van der Waals surface area contributed by atoms with Gasteiger partial charge in [-0.3, -0.25) is 0 Å². The number of hydrogen-bond acceptors (Lipinski definition) is 5. The van der Waals surface area contributed by atoms with Crippen molar-refractivity contribution in [2.75, 3.05) is 29.6 Å². The molecule has 1 heterocycles. The SMILES string of the molecule is Cc1cc(Nc2ccc(N(C)C)cc2)nc(Nc2cc(Cl)ccc2C)n1. The zero-order valence-corrected chi connectivity index (χ0v) is 16.1. The summed E-state index contributed by atoms with van der Waals surface area (Å²) in [5.41, 5.74) is 4.96. The molecule has 0 saturated heterocycles. The molecule has 0 bridgehead atoms. The zero-order chi connectivity index (χ0) is 18.7. The Morgan fingerprint density at radius 3 is 2.31 bits per heavy atom. The van der Waals surface area contributed by atoms with E-state index in [-0.39, 0.29) is 0 Å². The van der Waals surface area contributed by atoms with Crippen molar-refractivity contribution in [2.24, 2.45) is 0 Å². The van der Waals surface area contributed by atoms with Gasteiger partial charge in [-0.2, -0.15) is 4.98 Å². The van der Waals surface area contributed by atoms with Crippen LogP contribution < -0.4 is 15.5 Å². The highest BCUT2D eigenvalue weighted by Crippen LogP contribution is 2.24. The number of nitrogens with zero attached hydrogens (tertiary/aromatic N) is 3. The van der Waals surface area contributed by atoms with Gasteiger partial charge in [0.2, 0.25) is 5.95 Å². The molecule has 1 aromatic heterocycles. The lowest BCUT2D eigenvalue weighted by molar-refractivity contribution is 1.10. The van der Waals surface area contributed by atoms with Crippen LogP contribution in [-0.2, 0) is 0 Å². The van der Waals surface area contributed by atoms with Crippen LogP contribution in [0, 0.1) is 13.8 Å². The maximum Gasteiger partial charge on any atom is 0.229 e. The summed E-state index contributed by atoms with van der Waals surface area (Å²) in [5, 5.41) is 7.25. The molecule has 0 radical (unpaired) electrons. The standard InChI is InChI=1S/C20H22ClN5/c1-13-5-6-15(21)12-18(13)24-20-22-14(2)11-19(25-20)23-16-7-9-17(10-8-16)26(3)4/h5-12H,1-4H3,(H2,22,23,24,25). The molecule has 134 valence electrons. The minimum absolute atomic E-state index is 0.530. The highest BCUT2D eigenvalue weighted by atomic mass is 35.5. The van der Waals surface area contributed by atoms with E-state index in [9.17, 15) is 0 Å². The third kappa shape index (κ3) is 4.43. The molecule has 0 aliphatic carbocycles. The van der Waals surface area contributed by atoms with Gasteiger partial charge in [0.25, 0.3) is 0 Å². The van der Waals surface area contributed by atoms with Gasteiger partial charge in [-0.1, -0.05) is 17.7 Å². The second kappa shape index (κ2) is 7.62. The third-order valence-electron chi connectivity index (χ3n) is 3.96. The van der Waals surface area contributed by atoms with Gasteiger partial charge in [-0.25, -0.2) is 4.98 Å². The summed E-state index contributed by atoms with van der Waals surface area (Å²) in [5.74, 6) is 1.26. The van der Waals surface area contributed by atoms with Crippen molar-refractivity contribution in [3.05, 3.63) is 64.8 Å². The fourth-order valence-corrected chi connectivity index (χ4v) is 2.70. The Morgan fingerprint density at radius 1 is 0.885 bits per heavy atom. The Bertz CT molecular complexity index is 907. The van der Waals surface area contributed by atoms with Gasteiger partial charge in [0, 0.05) is 47.9 Å². The summed E-state index contributed by atoms with van der Waals surface area (Å²) in [6, 6.07) is 15.8. The number of halogens is 1. The number of nitrogens with one attached hydrogen (secondary N) is 2. The molecular weight excluding hydrogens is 346 g/mol. The smallest absolute Gasteiger partial charge is 0.229 e. The van der Waals surface area contributed by atoms with E-state index in [0.717, 1.165) is 34.1 Å². The number of rotatable bonds is 5. The summed E-state index contributed by atoms with van der Waals surface area (Å²) in [6.45, 7) is 3.96. The second-order valence-electron chi connectivity index (χ2n) is 6.37. The quantitative estimate of drug-likeness (QED) is 0.640. The summed E-state index contributed by atoms with van der Waals surface area (Å²) >= 11 is 6.09. The molecule has 3 rings (SSSR count). The van der Waals surface area contributed by atoms with Gasteiger partial charge in [0.05, 0.1) is 0 Å². The summed E-state index contributed by atoms with van der Waals surface area (Å²) in [6.07, 6.45) is 0. The minimum atomic E-state index is 0.530. The fraction of sp³-hybridized carbons (Fsp3) is 0.200. The molecule has 26 heavy (non-hydrogen) atoms. The minimum Gasteiger partial charge on any atom is -0.378 e. The predicted octanol–water partition coefficient (Wildman–Crippen LogP) is 5.30. The van der Waals surface area contributed by atoms with Crippen molar-refractivity contribution in [3.8, 4) is 0 Å². The van der Waals surface area contributed by atoms with E-state index >= 15 is 0 Å². The highest BCUT2D eigenvalue weighted by molar-refractivity contribution is 6.30. The monoisotopic (exact) mass is 367 g/mol. The molecule has 0 amide bonds. The van der Waals surface area contributed by atoms with Crippen LogP contribution in [0.25, 0.3) is 0 Å². The summed E-state index contributed by atoms with van der Waals surface area (Å²) in [7, 11) is 4.04.